The van der Waals surface area contributed by atoms with Crippen molar-refractivity contribution in [2.75, 3.05) is 6.61 Å². The Bertz CT molecular complexity index is 565. The summed E-state index contributed by atoms with van der Waals surface area (Å²) in [5, 5.41) is 8.44. The lowest BCUT2D eigenvalue weighted by atomic mass is 10.3. The zero-order valence-electron chi connectivity index (χ0n) is 9.18. The van der Waals surface area contributed by atoms with Gasteiger partial charge in [0, 0.05) is 13.1 Å². The first-order chi connectivity index (χ1) is 8.08. The highest BCUT2D eigenvalue weighted by atomic mass is 19.1. The van der Waals surface area contributed by atoms with Crippen molar-refractivity contribution in [3.05, 3.63) is 29.8 Å². The summed E-state index contributed by atoms with van der Waals surface area (Å²) in [5.74, 6) is -0.824. The van der Waals surface area contributed by atoms with Gasteiger partial charge >= 0.3 is 5.97 Å². The standard InChI is InChI=1S/C11H11FN2O3/c1-14-9-3-2-7(12)4-8(9)13-10(14)5-17-6-11(15)16/h2-4H,5-6H2,1H3,(H,15,16). The van der Waals surface area contributed by atoms with E-state index in [0.29, 0.717) is 11.3 Å². The van der Waals surface area contributed by atoms with Crippen molar-refractivity contribution in [2.45, 2.75) is 6.61 Å². The molecule has 0 radical (unpaired) electrons. The molecular weight excluding hydrogens is 227 g/mol. The summed E-state index contributed by atoms with van der Waals surface area (Å²) in [7, 11) is 1.77. The van der Waals surface area contributed by atoms with Crippen molar-refractivity contribution in [3.8, 4) is 0 Å². The number of rotatable bonds is 4. The van der Waals surface area contributed by atoms with E-state index in [1.165, 1.54) is 12.1 Å². The number of halogens is 1. The van der Waals surface area contributed by atoms with Crippen LogP contribution in [0.5, 0.6) is 0 Å². The van der Waals surface area contributed by atoms with Crippen LogP contribution in [0.3, 0.4) is 0 Å². The molecule has 0 fully saturated rings. The minimum Gasteiger partial charge on any atom is -0.480 e. The molecule has 90 valence electrons. The zero-order valence-corrected chi connectivity index (χ0v) is 9.18. The lowest BCUT2D eigenvalue weighted by Gasteiger charge is -2.01. The average molecular weight is 238 g/mol. The Morgan fingerprint density at radius 2 is 2.35 bits per heavy atom. The van der Waals surface area contributed by atoms with E-state index in [1.807, 2.05) is 0 Å². The zero-order chi connectivity index (χ0) is 12.4. The first-order valence-corrected chi connectivity index (χ1v) is 4.98. The first-order valence-electron chi connectivity index (χ1n) is 4.98. The summed E-state index contributed by atoms with van der Waals surface area (Å²) >= 11 is 0. The molecule has 5 nitrogen and oxygen atoms in total. The van der Waals surface area contributed by atoms with Crippen LogP contribution >= 0.6 is 0 Å². The summed E-state index contributed by atoms with van der Waals surface area (Å²) in [5.41, 5.74) is 1.31. The molecular formula is C11H11FN2O3. The second-order valence-corrected chi connectivity index (χ2v) is 3.61. The number of hydrogen-bond acceptors (Lipinski definition) is 3. The fourth-order valence-electron chi connectivity index (χ4n) is 1.58. The number of aromatic nitrogens is 2. The van der Waals surface area contributed by atoms with E-state index >= 15 is 0 Å². The Morgan fingerprint density at radius 1 is 1.59 bits per heavy atom. The highest BCUT2D eigenvalue weighted by molar-refractivity contribution is 5.75. The smallest absolute Gasteiger partial charge is 0.329 e. The molecule has 0 aliphatic heterocycles. The topological polar surface area (TPSA) is 64.3 Å². The number of hydrogen-bond donors (Lipinski definition) is 1. The molecule has 1 heterocycles. The van der Waals surface area contributed by atoms with Crippen molar-refractivity contribution < 1.29 is 19.0 Å². The third-order valence-corrected chi connectivity index (χ3v) is 2.39. The van der Waals surface area contributed by atoms with Crippen LogP contribution in [0.15, 0.2) is 18.2 Å². The molecule has 1 aromatic carbocycles. The molecule has 0 saturated heterocycles. The Balaban J connectivity index is 2.23. The molecule has 0 spiro atoms. The highest BCUT2D eigenvalue weighted by Crippen LogP contribution is 2.16. The van der Waals surface area contributed by atoms with Crippen LogP contribution in [-0.4, -0.2) is 27.2 Å². The first kappa shape index (κ1) is 11.5. The molecule has 0 saturated carbocycles. The van der Waals surface area contributed by atoms with E-state index in [-0.39, 0.29) is 19.0 Å². The normalized spacial score (nSPS) is 10.9. The predicted molar refractivity (Wildman–Crippen MR) is 58.0 cm³/mol. The number of carboxylic acid groups (broad SMARTS) is 1. The fourth-order valence-corrected chi connectivity index (χ4v) is 1.58. The fraction of sp³-hybridized carbons (Fsp3) is 0.273. The Kier molecular flexibility index (Phi) is 3.06. The van der Waals surface area contributed by atoms with Crippen LogP contribution in [-0.2, 0) is 23.2 Å². The quantitative estimate of drug-likeness (QED) is 0.872. The summed E-state index contributed by atoms with van der Waals surface area (Å²) in [4.78, 5) is 14.5. The minimum absolute atomic E-state index is 0.0824. The van der Waals surface area contributed by atoms with E-state index in [2.05, 4.69) is 4.98 Å². The van der Waals surface area contributed by atoms with Gasteiger partial charge in [-0.05, 0) is 12.1 Å². The van der Waals surface area contributed by atoms with Crippen molar-refractivity contribution in [1.82, 2.24) is 9.55 Å². The number of fused-ring (bicyclic) bond motifs is 1. The SMILES string of the molecule is Cn1c(COCC(=O)O)nc2cc(F)ccc21. The molecule has 0 unspecified atom stereocenters. The molecule has 2 aromatic rings. The van der Waals surface area contributed by atoms with Gasteiger partial charge in [0.05, 0.1) is 11.0 Å². The van der Waals surface area contributed by atoms with E-state index < -0.39 is 5.97 Å². The lowest BCUT2D eigenvalue weighted by Crippen LogP contribution is -2.09. The number of aliphatic carboxylic acids is 1. The second-order valence-electron chi connectivity index (χ2n) is 3.61. The lowest BCUT2D eigenvalue weighted by molar-refractivity contribution is -0.142. The Hall–Kier alpha value is -1.95. The number of carbonyl (C=O) groups is 1. The van der Waals surface area contributed by atoms with Crippen molar-refractivity contribution in [1.29, 1.82) is 0 Å². The molecule has 2 rings (SSSR count). The van der Waals surface area contributed by atoms with Gasteiger partial charge in [0.25, 0.3) is 0 Å². The number of benzene rings is 1. The van der Waals surface area contributed by atoms with Gasteiger partial charge in [-0.1, -0.05) is 0 Å². The van der Waals surface area contributed by atoms with Crippen LogP contribution in [0.1, 0.15) is 5.82 Å². The van der Waals surface area contributed by atoms with Crippen LogP contribution in [0.25, 0.3) is 11.0 Å². The molecule has 0 amide bonds. The summed E-state index contributed by atoms with van der Waals surface area (Å²) < 4.78 is 19.7. The van der Waals surface area contributed by atoms with Crippen LogP contribution in [0.2, 0.25) is 0 Å². The van der Waals surface area contributed by atoms with Gasteiger partial charge in [0.2, 0.25) is 0 Å². The number of carboxylic acids is 1. The average Bonchev–Trinajstić information content (AvgIpc) is 2.55. The second kappa shape index (κ2) is 4.50. The molecule has 0 atom stereocenters. The van der Waals surface area contributed by atoms with Crippen molar-refractivity contribution in [2.24, 2.45) is 7.05 Å². The van der Waals surface area contributed by atoms with Gasteiger partial charge in [-0.25, -0.2) is 14.2 Å². The summed E-state index contributed by atoms with van der Waals surface area (Å²) in [6.07, 6.45) is 0. The van der Waals surface area contributed by atoms with Crippen LogP contribution < -0.4 is 0 Å². The summed E-state index contributed by atoms with van der Waals surface area (Å²) in [6.45, 7) is -0.295. The number of ether oxygens (including phenoxy) is 1. The van der Waals surface area contributed by atoms with E-state index in [1.54, 1.807) is 17.7 Å². The third-order valence-electron chi connectivity index (χ3n) is 2.39. The van der Waals surface area contributed by atoms with Gasteiger partial charge in [-0.15, -0.1) is 0 Å². The van der Waals surface area contributed by atoms with Gasteiger partial charge in [-0.3, -0.25) is 0 Å². The monoisotopic (exact) mass is 238 g/mol. The van der Waals surface area contributed by atoms with Crippen LogP contribution in [0, 0.1) is 5.82 Å². The van der Waals surface area contributed by atoms with Gasteiger partial charge in [0.15, 0.2) is 0 Å². The Morgan fingerprint density at radius 3 is 3.06 bits per heavy atom. The maximum atomic E-state index is 13.0. The largest absolute Gasteiger partial charge is 0.480 e. The maximum Gasteiger partial charge on any atom is 0.329 e. The number of imidazole rings is 1. The third kappa shape index (κ3) is 2.42. The maximum absolute atomic E-state index is 13.0. The van der Waals surface area contributed by atoms with Crippen molar-refractivity contribution in [3.63, 3.8) is 0 Å². The Labute approximate surface area is 96.4 Å². The van der Waals surface area contributed by atoms with E-state index in [9.17, 15) is 9.18 Å². The molecule has 1 aromatic heterocycles. The highest BCUT2D eigenvalue weighted by Gasteiger charge is 2.09. The van der Waals surface area contributed by atoms with Gasteiger partial charge in [0.1, 0.15) is 24.9 Å². The summed E-state index contributed by atoms with van der Waals surface area (Å²) in [6, 6.07) is 4.31. The molecule has 6 heteroatoms. The number of aryl methyl sites for hydroxylation is 1. The molecule has 1 N–H and O–H groups in total. The minimum atomic E-state index is -1.03. The van der Waals surface area contributed by atoms with Gasteiger partial charge < -0.3 is 14.4 Å². The van der Waals surface area contributed by atoms with Gasteiger partial charge in [-0.2, -0.15) is 0 Å². The van der Waals surface area contributed by atoms with Crippen molar-refractivity contribution >= 4 is 17.0 Å². The number of nitrogens with zero attached hydrogens (tertiary/aromatic N) is 2. The predicted octanol–water partition coefficient (Wildman–Crippen LogP) is 1.31. The molecule has 0 aliphatic rings. The van der Waals surface area contributed by atoms with Crippen LogP contribution in [0.4, 0.5) is 4.39 Å². The molecule has 0 aliphatic carbocycles. The van der Waals surface area contributed by atoms with E-state index in [0.717, 1.165) is 5.52 Å². The molecule has 17 heavy (non-hydrogen) atoms. The molecule has 0 bridgehead atoms. The van der Waals surface area contributed by atoms with E-state index in [4.69, 9.17) is 9.84 Å².